The van der Waals surface area contributed by atoms with Gasteiger partial charge in [-0.2, -0.15) is 10.2 Å². The van der Waals surface area contributed by atoms with Crippen LogP contribution in [0.2, 0.25) is 0 Å². The Bertz CT molecular complexity index is 1080. The van der Waals surface area contributed by atoms with Crippen molar-refractivity contribution < 1.29 is 9.72 Å². The maximum absolute atomic E-state index is 12.3. The predicted molar refractivity (Wildman–Crippen MR) is 106 cm³/mol. The lowest BCUT2D eigenvalue weighted by atomic mass is 10.0. The van der Waals surface area contributed by atoms with Gasteiger partial charge in [0.05, 0.1) is 16.3 Å². The van der Waals surface area contributed by atoms with Crippen LogP contribution in [-0.4, -0.2) is 26.7 Å². The summed E-state index contributed by atoms with van der Waals surface area (Å²) in [7, 11) is 0. The summed E-state index contributed by atoms with van der Waals surface area (Å²) in [6, 6.07) is 13.7. The number of aryl methyl sites for hydroxylation is 2. The van der Waals surface area contributed by atoms with Crippen LogP contribution in [0.1, 0.15) is 34.1 Å². The van der Waals surface area contributed by atoms with Gasteiger partial charge in [0.2, 0.25) is 0 Å². The molecule has 0 aliphatic heterocycles. The number of benzene rings is 2. The standard InChI is InChI=1S/C20H19N5O3/c1-12-7-8-16(9-13(12)2)18-11-19(23-22-18)20(26)24-21-14(3)15-5-4-6-17(10-15)25(27)28/h4-11H,1-3H3,(H,22,23)(H,24,26). The molecule has 3 rings (SSSR count). The molecule has 0 fully saturated rings. The summed E-state index contributed by atoms with van der Waals surface area (Å²) in [5.41, 5.74) is 7.57. The van der Waals surface area contributed by atoms with Gasteiger partial charge in [0.15, 0.2) is 0 Å². The van der Waals surface area contributed by atoms with Gasteiger partial charge in [-0.15, -0.1) is 0 Å². The van der Waals surface area contributed by atoms with Gasteiger partial charge in [-0.1, -0.05) is 24.3 Å². The normalized spacial score (nSPS) is 11.3. The Hall–Kier alpha value is -3.81. The van der Waals surface area contributed by atoms with E-state index in [0.29, 0.717) is 17.0 Å². The summed E-state index contributed by atoms with van der Waals surface area (Å²) in [4.78, 5) is 22.7. The fourth-order valence-corrected chi connectivity index (χ4v) is 2.59. The lowest BCUT2D eigenvalue weighted by Gasteiger charge is -2.02. The van der Waals surface area contributed by atoms with Crippen molar-refractivity contribution in [2.24, 2.45) is 5.10 Å². The van der Waals surface area contributed by atoms with Crippen LogP contribution in [0.4, 0.5) is 5.69 Å². The lowest BCUT2D eigenvalue weighted by molar-refractivity contribution is -0.384. The number of amides is 1. The number of aromatic nitrogens is 2. The molecule has 0 radical (unpaired) electrons. The minimum absolute atomic E-state index is 0.0371. The summed E-state index contributed by atoms with van der Waals surface area (Å²) in [6.45, 7) is 5.71. The minimum Gasteiger partial charge on any atom is -0.272 e. The zero-order valence-electron chi connectivity index (χ0n) is 15.7. The number of carbonyl (C=O) groups excluding carboxylic acids is 1. The van der Waals surface area contributed by atoms with E-state index in [1.165, 1.54) is 17.7 Å². The van der Waals surface area contributed by atoms with Crippen molar-refractivity contribution >= 4 is 17.3 Å². The third-order valence-electron chi connectivity index (χ3n) is 4.43. The molecule has 1 aromatic heterocycles. The highest BCUT2D eigenvalue weighted by Crippen LogP contribution is 2.21. The molecule has 1 heterocycles. The van der Waals surface area contributed by atoms with Crippen molar-refractivity contribution in [3.8, 4) is 11.3 Å². The van der Waals surface area contributed by atoms with Gasteiger partial charge < -0.3 is 0 Å². The van der Waals surface area contributed by atoms with Gasteiger partial charge in [0.25, 0.3) is 11.6 Å². The number of non-ortho nitro benzene ring substituents is 1. The number of carbonyl (C=O) groups is 1. The smallest absolute Gasteiger partial charge is 0.272 e. The van der Waals surface area contributed by atoms with Crippen molar-refractivity contribution in [1.29, 1.82) is 0 Å². The first kappa shape index (κ1) is 19.0. The highest BCUT2D eigenvalue weighted by molar-refractivity contribution is 6.01. The molecule has 2 N–H and O–H groups in total. The third-order valence-corrected chi connectivity index (χ3v) is 4.43. The van der Waals surface area contributed by atoms with E-state index in [0.717, 1.165) is 11.1 Å². The van der Waals surface area contributed by atoms with Gasteiger partial charge in [-0.05, 0) is 44.0 Å². The molecule has 0 atom stereocenters. The molecule has 1 amide bonds. The predicted octanol–water partition coefficient (Wildman–Crippen LogP) is 3.76. The maximum Gasteiger partial charge on any atom is 0.289 e. The SMILES string of the molecule is CC(=NNC(=O)c1cc(-c2ccc(C)c(C)c2)n[nH]1)c1cccc([N+](=O)[O-])c1. The van der Waals surface area contributed by atoms with Gasteiger partial charge in [-0.25, -0.2) is 5.43 Å². The number of H-pyrrole nitrogens is 1. The zero-order chi connectivity index (χ0) is 20.3. The molecule has 0 saturated carbocycles. The van der Waals surface area contributed by atoms with Crippen molar-refractivity contribution in [3.63, 3.8) is 0 Å². The number of nitrogens with one attached hydrogen (secondary N) is 2. The highest BCUT2D eigenvalue weighted by atomic mass is 16.6. The molecule has 28 heavy (non-hydrogen) atoms. The van der Waals surface area contributed by atoms with Gasteiger partial charge >= 0.3 is 0 Å². The monoisotopic (exact) mass is 377 g/mol. The van der Waals surface area contributed by atoms with E-state index in [2.05, 4.69) is 20.7 Å². The van der Waals surface area contributed by atoms with Crippen LogP contribution >= 0.6 is 0 Å². The Morgan fingerprint density at radius 2 is 1.93 bits per heavy atom. The molecule has 0 bridgehead atoms. The van der Waals surface area contributed by atoms with Crippen molar-refractivity contribution in [3.05, 3.63) is 81.0 Å². The fraction of sp³-hybridized carbons (Fsp3) is 0.150. The zero-order valence-corrected chi connectivity index (χ0v) is 15.7. The van der Waals surface area contributed by atoms with Crippen molar-refractivity contribution in [1.82, 2.24) is 15.6 Å². The quantitative estimate of drug-likeness (QED) is 0.400. The number of aromatic amines is 1. The van der Waals surface area contributed by atoms with Crippen LogP contribution in [0, 0.1) is 24.0 Å². The van der Waals surface area contributed by atoms with Gasteiger partial charge in [-0.3, -0.25) is 20.0 Å². The van der Waals surface area contributed by atoms with E-state index < -0.39 is 10.8 Å². The first-order valence-electron chi connectivity index (χ1n) is 8.57. The first-order chi connectivity index (χ1) is 13.3. The van der Waals surface area contributed by atoms with Crippen molar-refractivity contribution in [2.75, 3.05) is 0 Å². The second-order valence-electron chi connectivity index (χ2n) is 6.41. The van der Waals surface area contributed by atoms with E-state index in [1.54, 1.807) is 25.1 Å². The van der Waals surface area contributed by atoms with Crippen LogP contribution in [0.15, 0.2) is 53.6 Å². The third kappa shape index (κ3) is 4.12. The summed E-state index contributed by atoms with van der Waals surface area (Å²) in [6.07, 6.45) is 0. The molecule has 8 nitrogen and oxygen atoms in total. The molecular formula is C20H19N5O3. The molecule has 2 aromatic carbocycles. The lowest BCUT2D eigenvalue weighted by Crippen LogP contribution is -2.19. The molecule has 3 aromatic rings. The number of rotatable bonds is 5. The number of hydrogen-bond donors (Lipinski definition) is 2. The first-order valence-corrected chi connectivity index (χ1v) is 8.57. The summed E-state index contributed by atoms with van der Waals surface area (Å²) >= 11 is 0. The molecule has 0 aliphatic carbocycles. The molecule has 0 aliphatic rings. The van der Waals surface area contributed by atoms with Crippen LogP contribution in [0.25, 0.3) is 11.3 Å². The number of hydrogen-bond acceptors (Lipinski definition) is 5. The van der Waals surface area contributed by atoms with Gasteiger partial charge in [0, 0.05) is 23.3 Å². The Labute approximate surface area is 161 Å². The number of nitrogens with zero attached hydrogens (tertiary/aromatic N) is 3. The Morgan fingerprint density at radius 1 is 1.14 bits per heavy atom. The summed E-state index contributed by atoms with van der Waals surface area (Å²) in [5.74, 6) is -0.452. The van der Waals surface area contributed by atoms with E-state index in [-0.39, 0.29) is 11.4 Å². The molecule has 142 valence electrons. The number of nitro benzene ring substituents is 1. The van der Waals surface area contributed by atoms with Crippen LogP contribution in [0.5, 0.6) is 0 Å². The average Bonchev–Trinajstić information content (AvgIpc) is 3.18. The maximum atomic E-state index is 12.3. The summed E-state index contributed by atoms with van der Waals surface area (Å²) < 4.78 is 0. The number of hydrazone groups is 1. The van der Waals surface area contributed by atoms with Crippen LogP contribution < -0.4 is 5.43 Å². The fourth-order valence-electron chi connectivity index (χ4n) is 2.59. The van der Waals surface area contributed by atoms with E-state index >= 15 is 0 Å². The topological polar surface area (TPSA) is 113 Å². The molecule has 0 unspecified atom stereocenters. The highest BCUT2D eigenvalue weighted by Gasteiger charge is 2.12. The molecule has 0 spiro atoms. The second kappa shape index (κ2) is 7.83. The van der Waals surface area contributed by atoms with E-state index in [4.69, 9.17) is 0 Å². The number of nitro groups is 1. The van der Waals surface area contributed by atoms with Crippen LogP contribution in [-0.2, 0) is 0 Å². The van der Waals surface area contributed by atoms with Crippen LogP contribution in [0.3, 0.4) is 0 Å². The second-order valence-corrected chi connectivity index (χ2v) is 6.41. The van der Waals surface area contributed by atoms with Crippen molar-refractivity contribution in [2.45, 2.75) is 20.8 Å². The van der Waals surface area contributed by atoms with Gasteiger partial charge in [0.1, 0.15) is 5.69 Å². The largest absolute Gasteiger partial charge is 0.289 e. The summed E-state index contributed by atoms with van der Waals surface area (Å²) in [5, 5.41) is 21.8. The molecular weight excluding hydrogens is 358 g/mol. The van der Waals surface area contributed by atoms with E-state index in [9.17, 15) is 14.9 Å². The Kier molecular flexibility index (Phi) is 5.30. The Balaban J connectivity index is 1.74. The Morgan fingerprint density at radius 3 is 2.64 bits per heavy atom. The van der Waals surface area contributed by atoms with E-state index in [1.807, 2.05) is 32.0 Å². The minimum atomic E-state index is -0.478. The molecule has 8 heteroatoms. The average molecular weight is 377 g/mol. The molecule has 0 saturated heterocycles.